The molecule has 5 heteroatoms. The lowest BCUT2D eigenvalue weighted by atomic mass is 9.98. The fourth-order valence-electron chi connectivity index (χ4n) is 2.97. The predicted octanol–water partition coefficient (Wildman–Crippen LogP) is 3.54. The number of benzene rings is 2. The lowest BCUT2D eigenvalue weighted by Gasteiger charge is -2.14. The molecule has 0 atom stereocenters. The standard InChI is InChI=1S/C21H20N2O3/c1-13-11-18(16-8-4-5-9-17(16)21(25)26)22-20-14(7-6-10-15(13)20)12-19(24)23(2)3/h4-11H,12H2,1-3H3,(H,25,26). The summed E-state index contributed by atoms with van der Waals surface area (Å²) in [5, 5.41) is 10.4. The topological polar surface area (TPSA) is 70.5 Å². The second kappa shape index (κ2) is 6.96. The third-order valence-electron chi connectivity index (χ3n) is 4.40. The summed E-state index contributed by atoms with van der Waals surface area (Å²) < 4.78 is 0. The molecule has 0 radical (unpaired) electrons. The summed E-state index contributed by atoms with van der Waals surface area (Å²) in [7, 11) is 3.45. The number of carboxylic acid groups (broad SMARTS) is 1. The molecular weight excluding hydrogens is 328 g/mol. The van der Waals surface area contributed by atoms with Crippen molar-refractivity contribution in [2.24, 2.45) is 0 Å². The van der Waals surface area contributed by atoms with Gasteiger partial charge >= 0.3 is 5.97 Å². The summed E-state index contributed by atoms with van der Waals surface area (Å²) in [5.41, 5.74) is 3.93. The number of para-hydroxylation sites is 1. The maximum Gasteiger partial charge on any atom is 0.336 e. The fourth-order valence-corrected chi connectivity index (χ4v) is 2.97. The Morgan fingerprint density at radius 1 is 1.08 bits per heavy atom. The van der Waals surface area contributed by atoms with Crippen molar-refractivity contribution in [1.82, 2.24) is 9.88 Å². The molecule has 26 heavy (non-hydrogen) atoms. The van der Waals surface area contributed by atoms with Crippen LogP contribution in [0.2, 0.25) is 0 Å². The van der Waals surface area contributed by atoms with Gasteiger partial charge < -0.3 is 10.0 Å². The van der Waals surface area contributed by atoms with Gasteiger partial charge in [0.1, 0.15) is 0 Å². The van der Waals surface area contributed by atoms with Crippen molar-refractivity contribution in [1.29, 1.82) is 0 Å². The molecular formula is C21H20N2O3. The van der Waals surface area contributed by atoms with Crippen molar-refractivity contribution < 1.29 is 14.7 Å². The zero-order valence-electron chi connectivity index (χ0n) is 15.0. The van der Waals surface area contributed by atoms with Crippen LogP contribution in [0.25, 0.3) is 22.2 Å². The average Bonchev–Trinajstić information content (AvgIpc) is 2.62. The van der Waals surface area contributed by atoms with Gasteiger partial charge in [-0.3, -0.25) is 4.79 Å². The molecule has 3 aromatic rings. The number of aromatic carboxylic acids is 1. The molecule has 0 unspecified atom stereocenters. The fraction of sp³-hybridized carbons (Fsp3) is 0.190. The minimum Gasteiger partial charge on any atom is -0.478 e. The highest BCUT2D eigenvalue weighted by Crippen LogP contribution is 2.28. The number of carbonyl (C=O) groups excluding carboxylic acids is 1. The summed E-state index contributed by atoms with van der Waals surface area (Å²) in [6, 6.07) is 14.5. The highest BCUT2D eigenvalue weighted by Gasteiger charge is 2.16. The first-order chi connectivity index (χ1) is 12.4. The quantitative estimate of drug-likeness (QED) is 0.783. The molecule has 0 aliphatic carbocycles. The van der Waals surface area contributed by atoms with Crippen LogP contribution in [-0.4, -0.2) is 41.0 Å². The second-order valence-corrected chi connectivity index (χ2v) is 6.45. The number of carbonyl (C=O) groups is 2. The molecule has 5 nitrogen and oxygen atoms in total. The normalized spacial score (nSPS) is 10.7. The lowest BCUT2D eigenvalue weighted by molar-refractivity contribution is -0.127. The van der Waals surface area contributed by atoms with Crippen molar-refractivity contribution in [3.05, 3.63) is 65.2 Å². The van der Waals surface area contributed by atoms with E-state index in [0.29, 0.717) is 11.3 Å². The highest BCUT2D eigenvalue weighted by molar-refractivity contribution is 5.97. The van der Waals surface area contributed by atoms with Crippen LogP contribution in [0.3, 0.4) is 0 Å². The Kier molecular flexibility index (Phi) is 4.71. The Hall–Kier alpha value is -3.21. The number of amides is 1. The van der Waals surface area contributed by atoms with Gasteiger partial charge in [0, 0.05) is 25.0 Å². The van der Waals surface area contributed by atoms with Crippen molar-refractivity contribution >= 4 is 22.8 Å². The molecule has 1 N–H and O–H groups in total. The highest BCUT2D eigenvalue weighted by atomic mass is 16.4. The zero-order valence-corrected chi connectivity index (χ0v) is 15.0. The molecule has 0 bridgehead atoms. The van der Waals surface area contributed by atoms with Gasteiger partial charge in [0.2, 0.25) is 5.91 Å². The molecule has 132 valence electrons. The Morgan fingerprint density at radius 2 is 1.81 bits per heavy atom. The third-order valence-corrected chi connectivity index (χ3v) is 4.40. The number of pyridine rings is 1. The van der Waals surface area contributed by atoms with Gasteiger partial charge in [0.05, 0.1) is 23.2 Å². The van der Waals surface area contributed by atoms with Gasteiger partial charge in [0.25, 0.3) is 0 Å². The van der Waals surface area contributed by atoms with E-state index in [4.69, 9.17) is 4.98 Å². The Bertz CT molecular complexity index is 1010. The summed E-state index contributed by atoms with van der Waals surface area (Å²) in [4.78, 5) is 30.0. The number of rotatable bonds is 4. The molecule has 0 spiro atoms. The Morgan fingerprint density at radius 3 is 2.50 bits per heavy atom. The first-order valence-corrected chi connectivity index (χ1v) is 8.30. The lowest BCUT2D eigenvalue weighted by Crippen LogP contribution is -2.23. The first-order valence-electron chi connectivity index (χ1n) is 8.30. The molecule has 1 heterocycles. The maximum atomic E-state index is 12.2. The van der Waals surface area contributed by atoms with E-state index in [2.05, 4.69) is 0 Å². The Labute approximate surface area is 151 Å². The van der Waals surface area contributed by atoms with Crippen molar-refractivity contribution in [2.45, 2.75) is 13.3 Å². The second-order valence-electron chi connectivity index (χ2n) is 6.45. The number of fused-ring (bicyclic) bond motifs is 1. The monoisotopic (exact) mass is 348 g/mol. The van der Waals surface area contributed by atoms with Crippen molar-refractivity contribution in [3.8, 4) is 11.3 Å². The summed E-state index contributed by atoms with van der Waals surface area (Å²) >= 11 is 0. The number of hydrogen-bond donors (Lipinski definition) is 1. The number of hydrogen-bond acceptors (Lipinski definition) is 3. The van der Waals surface area contributed by atoms with Gasteiger partial charge in [0.15, 0.2) is 0 Å². The predicted molar refractivity (Wildman–Crippen MR) is 101 cm³/mol. The van der Waals surface area contributed by atoms with Crippen LogP contribution in [0.5, 0.6) is 0 Å². The molecule has 0 aliphatic heterocycles. The summed E-state index contributed by atoms with van der Waals surface area (Å²) in [6.45, 7) is 1.97. The van der Waals surface area contributed by atoms with Crippen molar-refractivity contribution in [2.75, 3.05) is 14.1 Å². The van der Waals surface area contributed by atoms with Crippen LogP contribution in [0.1, 0.15) is 21.5 Å². The number of nitrogens with zero attached hydrogens (tertiary/aromatic N) is 2. The van der Waals surface area contributed by atoms with Crippen LogP contribution in [0.15, 0.2) is 48.5 Å². The van der Waals surface area contributed by atoms with Crippen LogP contribution in [0, 0.1) is 6.92 Å². The third kappa shape index (κ3) is 3.28. The van der Waals surface area contributed by atoms with E-state index < -0.39 is 5.97 Å². The largest absolute Gasteiger partial charge is 0.478 e. The maximum absolute atomic E-state index is 12.2. The molecule has 1 amide bonds. The molecule has 1 aromatic heterocycles. The van der Waals surface area contributed by atoms with Crippen LogP contribution >= 0.6 is 0 Å². The minimum atomic E-state index is -0.990. The molecule has 0 saturated heterocycles. The van der Waals surface area contributed by atoms with Gasteiger partial charge in [-0.25, -0.2) is 9.78 Å². The number of likely N-dealkylation sites (N-methyl/N-ethyl adjacent to an activating group) is 1. The Balaban J connectivity index is 2.21. The van der Waals surface area contributed by atoms with E-state index in [-0.39, 0.29) is 17.9 Å². The number of aromatic nitrogens is 1. The summed E-state index contributed by atoms with van der Waals surface area (Å²) in [6.07, 6.45) is 0.251. The van der Waals surface area contributed by atoms with Crippen molar-refractivity contribution in [3.63, 3.8) is 0 Å². The number of aryl methyl sites for hydroxylation is 1. The minimum absolute atomic E-state index is 0.00621. The number of carboxylic acids is 1. The van der Waals surface area contributed by atoms with Crippen LogP contribution in [-0.2, 0) is 11.2 Å². The van der Waals surface area contributed by atoms with Gasteiger partial charge in [-0.1, -0.05) is 36.4 Å². The van der Waals surface area contributed by atoms with E-state index in [9.17, 15) is 14.7 Å². The average molecular weight is 348 g/mol. The van der Waals surface area contributed by atoms with E-state index in [0.717, 1.165) is 22.0 Å². The van der Waals surface area contributed by atoms with Gasteiger partial charge in [-0.15, -0.1) is 0 Å². The molecule has 0 saturated carbocycles. The van der Waals surface area contributed by atoms with Gasteiger partial charge in [-0.05, 0) is 30.2 Å². The van der Waals surface area contributed by atoms with Crippen LogP contribution < -0.4 is 0 Å². The van der Waals surface area contributed by atoms with Crippen LogP contribution in [0.4, 0.5) is 0 Å². The molecule has 2 aromatic carbocycles. The van der Waals surface area contributed by atoms with E-state index in [1.807, 2.05) is 31.2 Å². The van der Waals surface area contributed by atoms with Gasteiger partial charge in [-0.2, -0.15) is 0 Å². The first kappa shape index (κ1) is 17.6. The van der Waals surface area contributed by atoms with E-state index in [1.54, 1.807) is 43.3 Å². The van der Waals surface area contributed by atoms with E-state index >= 15 is 0 Å². The van der Waals surface area contributed by atoms with E-state index in [1.165, 1.54) is 0 Å². The summed E-state index contributed by atoms with van der Waals surface area (Å²) in [5.74, 6) is -0.996. The zero-order chi connectivity index (χ0) is 18.8. The molecule has 0 aliphatic rings. The smallest absolute Gasteiger partial charge is 0.336 e. The SMILES string of the molecule is Cc1cc(-c2ccccc2C(=O)O)nc2c(CC(=O)N(C)C)cccc12. The molecule has 0 fully saturated rings. The molecule has 3 rings (SSSR count).